The number of benzene rings is 1. The highest BCUT2D eigenvalue weighted by molar-refractivity contribution is 7.23. The maximum atomic E-state index is 12.7. The fourth-order valence-corrected chi connectivity index (χ4v) is 7.04. The first-order chi connectivity index (χ1) is 17.8. The number of carbonyl (C=O) groups excluding carboxylic acids is 1. The van der Waals surface area contributed by atoms with E-state index < -0.39 is 0 Å². The number of ether oxygens (including phenoxy) is 1. The molecule has 3 aromatic rings. The Morgan fingerprint density at radius 3 is 2.53 bits per heavy atom. The number of aromatic nitrogens is 2. The van der Waals surface area contributed by atoms with E-state index in [9.17, 15) is 4.79 Å². The molecule has 1 aromatic carbocycles. The highest BCUT2D eigenvalue weighted by Gasteiger charge is 2.31. The number of nitrogens with zero attached hydrogens (tertiary/aromatic N) is 5. The van der Waals surface area contributed by atoms with Crippen LogP contribution in [0.4, 0.5) is 10.8 Å². The summed E-state index contributed by atoms with van der Waals surface area (Å²) in [5.41, 5.74) is 2.23. The van der Waals surface area contributed by atoms with E-state index in [-0.39, 0.29) is 5.91 Å². The fourth-order valence-electron chi connectivity index (χ4n) is 5.83. The van der Waals surface area contributed by atoms with Crippen molar-refractivity contribution in [3.8, 4) is 11.1 Å². The Bertz CT molecular complexity index is 1190. The smallest absolute Gasteiger partial charge is 0.227 e. The minimum atomic E-state index is 0.207. The first-order valence-electron chi connectivity index (χ1n) is 13.5. The first kappa shape index (κ1) is 23.8. The quantitative estimate of drug-likeness (QED) is 0.409. The lowest BCUT2D eigenvalue weighted by atomic mass is 9.97. The third-order valence-electron chi connectivity index (χ3n) is 7.85. The summed E-state index contributed by atoms with van der Waals surface area (Å²) in [6.45, 7) is 7.95. The van der Waals surface area contributed by atoms with Crippen LogP contribution in [0.2, 0.25) is 0 Å². The lowest BCUT2D eigenvalue weighted by molar-refractivity contribution is -0.117. The van der Waals surface area contributed by atoms with Crippen molar-refractivity contribution in [1.82, 2.24) is 14.9 Å². The second-order valence-electron chi connectivity index (χ2n) is 10.2. The van der Waals surface area contributed by atoms with E-state index in [0.717, 1.165) is 90.8 Å². The number of likely N-dealkylation sites (tertiary alicyclic amines) is 1. The predicted molar refractivity (Wildman–Crippen MR) is 146 cm³/mol. The van der Waals surface area contributed by atoms with Crippen molar-refractivity contribution in [2.75, 3.05) is 62.3 Å². The minimum absolute atomic E-state index is 0.207. The number of carbonyl (C=O) groups is 1. The molecule has 190 valence electrons. The van der Waals surface area contributed by atoms with Crippen LogP contribution < -0.4 is 9.80 Å². The Labute approximate surface area is 217 Å². The van der Waals surface area contributed by atoms with Crippen molar-refractivity contribution >= 4 is 38.3 Å². The van der Waals surface area contributed by atoms with Crippen molar-refractivity contribution in [2.45, 2.75) is 38.5 Å². The summed E-state index contributed by atoms with van der Waals surface area (Å²) < 4.78 is 6.07. The molecule has 0 atom stereocenters. The van der Waals surface area contributed by atoms with Gasteiger partial charge in [-0.2, -0.15) is 0 Å². The molecule has 3 aliphatic heterocycles. The molecule has 0 spiro atoms. The van der Waals surface area contributed by atoms with Gasteiger partial charge in [0.05, 0.1) is 12.0 Å². The maximum Gasteiger partial charge on any atom is 0.227 e. The third kappa shape index (κ3) is 4.86. The lowest BCUT2D eigenvalue weighted by Crippen LogP contribution is -2.36. The van der Waals surface area contributed by atoms with Crippen LogP contribution in [0.5, 0.6) is 0 Å². The van der Waals surface area contributed by atoms with Crippen molar-refractivity contribution in [3.63, 3.8) is 0 Å². The highest BCUT2D eigenvalue weighted by Crippen LogP contribution is 2.48. The Kier molecular flexibility index (Phi) is 7.16. The van der Waals surface area contributed by atoms with E-state index in [4.69, 9.17) is 9.72 Å². The molecule has 0 N–H and O–H groups in total. The van der Waals surface area contributed by atoms with Crippen molar-refractivity contribution in [3.05, 3.63) is 36.7 Å². The molecule has 0 bridgehead atoms. The molecule has 0 saturated carbocycles. The van der Waals surface area contributed by atoms with Gasteiger partial charge in [-0.15, -0.1) is 0 Å². The van der Waals surface area contributed by atoms with Crippen LogP contribution in [0.25, 0.3) is 21.3 Å². The molecule has 7 nitrogen and oxygen atoms in total. The van der Waals surface area contributed by atoms with Gasteiger partial charge in [0.2, 0.25) is 5.91 Å². The number of amides is 1. The second-order valence-corrected chi connectivity index (χ2v) is 11.2. The van der Waals surface area contributed by atoms with Gasteiger partial charge < -0.3 is 19.4 Å². The van der Waals surface area contributed by atoms with Crippen LogP contribution in [0.1, 0.15) is 38.5 Å². The largest absolute Gasteiger partial charge is 0.380 e. The lowest BCUT2D eigenvalue weighted by Gasteiger charge is -2.33. The summed E-state index contributed by atoms with van der Waals surface area (Å²) in [6.07, 6.45) is 8.10. The van der Waals surface area contributed by atoms with Gasteiger partial charge in [0.1, 0.15) is 22.0 Å². The van der Waals surface area contributed by atoms with Crippen LogP contribution in [-0.2, 0) is 9.53 Å². The fraction of sp³-hybridized carbons (Fsp3) is 0.536. The zero-order valence-corrected chi connectivity index (χ0v) is 21.7. The minimum Gasteiger partial charge on any atom is -0.380 e. The van der Waals surface area contributed by atoms with Crippen molar-refractivity contribution in [2.24, 2.45) is 5.92 Å². The third-order valence-corrected chi connectivity index (χ3v) is 8.97. The van der Waals surface area contributed by atoms with Gasteiger partial charge in [-0.1, -0.05) is 41.7 Å². The highest BCUT2D eigenvalue weighted by atomic mass is 32.1. The van der Waals surface area contributed by atoms with Gasteiger partial charge >= 0.3 is 0 Å². The molecule has 3 aliphatic rings. The maximum absolute atomic E-state index is 12.7. The van der Waals surface area contributed by atoms with Crippen LogP contribution in [0.3, 0.4) is 0 Å². The molecule has 36 heavy (non-hydrogen) atoms. The standard InChI is InChI=1S/C28H35N5O2S/c34-23-9-6-14-33(23)28-24(22-7-2-1-3-8-22)25-26(29-20-30-27(25)36-28)32-15-10-21(11-16-32)19-35-18-17-31-12-4-5-13-31/h1-3,7-8,20-21H,4-6,9-19H2. The first-order valence-corrected chi connectivity index (χ1v) is 14.3. The normalized spacial score (nSPS) is 19.7. The van der Waals surface area contributed by atoms with Crippen molar-refractivity contribution < 1.29 is 9.53 Å². The molecule has 1 amide bonds. The van der Waals surface area contributed by atoms with Crippen LogP contribution in [-0.4, -0.2) is 73.3 Å². The number of hydrogen-bond donors (Lipinski definition) is 0. The average Bonchev–Trinajstić information content (AvgIpc) is 3.67. The van der Waals surface area contributed by atoms with Gasteiger partial charge in [-0.05, 0) is 56.7 Å². The number of anilines is 2. The molecule has 0 radical (unpaired) electrons. The molecule has 8 heteroatoms. The van der Waals surface area contributed by atoms with Gasteiger partial charge in [-0.3, -0.25) is 4.79 Å². The number of piperidine rings is 1. The monoisotopic (exact) mass is 505 g/mol. The number of fused-ring (bicyclic) bond motifs is 1. The van der Waals surface area contributed by atoms with E-state index in [0.29, 0.717) is 12.3 Å². The molecule has 6 rings (SSSR count). The van der Waals surface area contributed by atoms with Gasteiger partial charge in [0.25, 0.3) is 0 Å². The van der Waals surface area contributed by atoms with E-state index in [1.807, 2.05) is 11.0 Å². The second kappa shape index (κ2) is 10.8. The average molecular weight is 506 g/mol. The molecular formula is C28H35N5O2S. The van der Waals surface area contributed by atoms with E-state index >= 15 is 0 Å². The molecule has 2 aromatic heterocycles. The summed E-state index contributed by atoms with van der Waals surface area (Å²) in [6, 6.07) is 10.4. The molecule has 3 saturated heterocycles. The summed E-state index contributed by atoms with van der Waals surface area (Å²) in [5, 5.41) is 2.10. The van der Waals surface area contributed by atoms with Crippen LogP contribution in [0.15, 0.2) is 36.7 Å². The SMILES string of the molecule is O=C1CCCN1c1sc2ncnc(N3CCC(COCCN4CCCC4)CC3)c2c1-c1ccccc1. The van der Waals surface area contributed by atoms with E-state index in [2.05, 4.69) is 39.0 Å². The van der Waals surface area contributed by atoms with Crippen LogP contribution >= 0.6 is 11.3 Å². The Hall–Kier alpha value is -2.55. The zero-order chi connectivity index (χ0) is 24.3. The van der Waals surface area contributed by atoms with E-state index in [1.54, 1.807) is 17.7 Å². The topological polar surface area (TPSA) is 61.8 Å². The summed E-state index contributed by atoms with van der Waals surface area (Å²) in [5.74, 6) is 1.81. The van der Waals surface area contributed by atoms with Gasteiger partial charge in [0, 0.05) is 44.8 Å². The van der Waals surface area contributed by atoms with E-state index in [1.165, 1.54) is 25.9 Å². The van der Waals surface area contributed by atoms with Crippen LogP contribution in [0, 0.1) is 5.92 Å². The van der Waals surface area contributed by atoms with Gasteiger partial charge in [0.15, 0.2) is 0 Å². The summed E-state index contributed by atoms with van der Waals surface area (Å²) >= 11 is 1.63. The van der Waals surface area contributed by atoms with Gasteiger partial charge in [-0.25, -0.2) is 9.97 Å². The molecule has 5 heterocycles. The Balaban J connectivity index is 1.21. The molecule has 0 unspecified atom stereocenters. The number of rotatable bonds is 8. The summed E-state index contributed by atoms with van der Waals surface area (Å²) in [7, 11) is 0. The number of hydrogen-bond acceptors (Lipinski definition) is 7. The molecular weight excluding hydrogens is 470 g/mol. The zero-order valence-electron chi connectivity index (χ0n) is 20.9. The Morgan fingerprint density at radius 1 is 0.972 bits per heavy atom. The summed E-state index contributed by atoms with van der Waals surface area (Å²) in [4.78, 5) is 30.0. The number of thiophene rings is 1. The molecule has 3 fully saturated rings. The molecule has 0 aliphatic carbocycles. The van der Waals surface area contributed by atoms with Crippen molar-refractivity contribution in [1.29, 1.82) is 0 Å². The Morgan fingerprint density at radius 2 is 1.78 bits per heavy atom. The predicted octanol–water partition coefficient (Wildman–Crippen LogP) is 4.81.